The van der Waals surface area contributed by atoms with Gasteiger partial charge in [0.1, 0.15) is 12.2 Å². The van der Waals surface area contributed by atoms with Gasteiger partial charge in [0.25, 0.3) is 0 Å². The van der Waals surface area contributed by atoms with Crippen molar-refractivity contribution < 1.29 is 19.1 Å². The summed E-state index contributed by atoms with van der Waals surface area (Å²) in [5, 5.41) is 0. The van der Waals surface area contributed by atoms with E-state index in [1.807, 2.05) is 0 Å². The Bertz CT molecular complexity index is 543. The fraction of sp³-hybridized carbons (Fsp3) is 0.308. The van der Waals surface area contributed by atoms with Gasteiger partial charge in [-0.3, -0.25) is 4.79 Å². The first kappa shape index (κ1) is 14.5. The van der Waals surface area contributed by atoms with E-state index in [0.29, 0.717) is 12.2 Å². The fourth-order valence-corrected chi connectivity index (χ4v) is 1.23. The van der Waals surface area contributed by atoms with Gasteiger partial charge in [0.2, 0.25) is 0 Å². The van der Waals surface area contributed by atoms with Crippen molar-refractivity contribution in [1.29, 1.82) is 0 Å². The van der Waals surface area contributed by atoms with Gasteiger partial charge in [-0.15, -0.1) is 0 Å². The van der Waals surface area contributed by atoms with Crippen LogP contribution in [0.25, 0.3) is 0 Å². The molecule has 19 heavy (non-hydrogen) atoms. The van der Waals surface area contributed by atoms with Crippen LogP contribution in [0, 0.1) is 11.8 Å². The molecule has 0 amide bonds. The summed E-state index contributed by atoms with van der Waals surface area (Å²) in [4.78, 5) is 26.3. The van der Waals surface area contributed by atoms with Gasteiger partial charge in [0, 0.05) is 6.20 Å². The molecule has 0 atom stereocenters. The van der Waals surface area contributed by atoms with Crippen molar-refractivity contribution in [3.8, 4) is 11.8 Å². The van der Waals surface area contributed by atoms with Crippen molar-refractivity contribution in [2.75, 3.05) is 19.5 Å². The van der Waals surface area contributed by atoms with Crippen LogP contribution in [0.3, 0.4) is 0 Å². The van der Waals surface area contributed by atoms with Crippen LogP contribution in [-0.4, -0.2) is 30.6 Å². The van der Waals surface area contributed by atoms with Gasteiger partial charge in [-0.05, 0) is 13.0 Å². The van der Waals surface area contributed by atoms with E-state index in [1.54, 1.807) is 6.92 Å². The molecular formula is C13H14N2O4. The van der Waals surface area contributed by atoms with Crippen LogP contribution in [0.15, 0.2) is 12.3 Å². The van der Waals surface area contributed by atoms with Crippen LogP contribution >= 0.6 is 0 Å². The lowest BCUT2D eigenvalue weighted by atomic mass is 10.2. The molecule has 6 heteroatoms. The van der Waals surface area contributed by atoms with Gasteiger partial charge >= 0.3 is 11.9 Å². The quantitative estimate of drug-likeness (QED) is 0.638. The van der Waals surface area contributed by atoms with Crippen molar-refractivity contribution in [2.45, 2.75) is 13.3 Å². The standard InChI is InChI=1S/C13H14N2O4/c1-3-19-11(16)6-4-5-9-7-10(13(17)18-2)8-15-12(9)14/h7-8H,3,6H2,1-2H3,(H2,14,15). The van der Waals surface area contributed by atoms with Crippen LogP contribution in [-0.2, 0) is 14.3 Å². The molecule has 0 bridgehead atoms. The van der Waals surface area contributed by atoms with E-state index < -0.39 is 11.9 Å². The molecule has 0 saturated heterocycles. The Kier molecular flexibility index (Phi) is 5.35. The number of nitrogens with zero attached hydrogens (tertiary/aromatic N) is 1. The van der Waals surface area contributed by atoms with Crippen molar-refractivity contribution >= 4 is 17.8 Å². The number of nitrogen functional groups attached to an aromatic ring is 1. The Morgan fingerprint density at radius 2 is 2.21 bits per heavy atom. The highest BCUT2D eigenvalue weighted by atomic mass is 16.5. The van der Waals surface area contributed by atoms with E-state index in [4.69, 9.17) is 10.5 Å². The van der Waals surface area contributed by atoms with E-state index >= 15 is 0 Å². The van der Waals surface area contributed by atoms with Gasteiger partial charge in [-0.2, -0.15) is 0 Å². The third-order valence-corrected chi connectivity index (χ3v) is 2.10. The van der Waals surface area contributed by atoms with E-state index in [1.165, 1.54) is 19.4 Å². The Hall–Kier alpha value is -2.55. The number of aromatic nitrogens is 1. The molecule has 1 rings (SSSR count). The van der Waals surface area contributed by atoms with Crippen LogP contribution in [0.5, 0.6) is 0 Å². The lowest BCUT2D eigenvalue weighted by molar-refractivity contribution is -0.141. The van der Waals surface area contributed by atoms with Crippen molar-refractivity contribution in [2.24, 2.45) is 0 Å². The second-order valence-corrected chi connectivity index (χ2v) is 3.43. The number of anilines is 1. The van der Waals surface area contributed by atoms with Gasteiger partial charge in [0.05, 0.1) is 24.8 Å². The number of hydrogen-bond acceptors (Lipinski definition) is 6. The zero-order valence-corrected chi connectivity index (χ0v) is 10.7. The number of ether oxygens (including phenoxy) is 2. The van der Waals surface area contributed by atoms with E-state index in [2.05, 4.69) is 21.6 Å². The second-order valence-electron chi connectivity index (χ2n) is 3.43. The van der Waals surface area contributed by atoms with Crippen molar-refractivity contribution in [3.05, 3.63) is 23.4 Å². The molecule has 0 aliphatic carbocycles. The monoisotopic (exact) mass is 262 g/mol. The fourth-order valence-electron chi connectivity index (χ4n) is 1.23. The molecule has 0 aliphatic heterocycles. The average Bonchev–Trinajstić information content (AvgIpc) is 2.40. The van der Waals surface area contributed by atoms with Crippen LogP contribution in [0.2, 0.25) is 0 Å². The minimum Gasteiger partial charge on any atom is -0.465 e. The number of hydrogen-bond donors (Lipinski definition) is 1. The predicted molar refractivity (Wildman–Crippen MR) is 68.1 cm³/mol. The summed E-state index contributed by atoms with van der Waals surface area (Å²) < 4.78 is 9.29. The number of carbonyl (C=O) groups excluding carboxylic acids is 2. The zero-order chi connectivity index (χ0) is 14.3. The van der Waals surface area contributed by atoms with Gasteiger partial charge in [-0.25, -0.2) is 9.78 Å². The van der Waals surface area contributed by atoms with E-state index in [9.17, 15) is 9.59 Å². The first-order chi connectivity index (χ1) is 9.08. The molecule has 0 saturated carbocycles. The molecule has 0 spiro atoms. The normalized spacial score (nSPS) is 9.16. The lowest BCUT2D eigenvalue weighted by Gasteiger charge is -2.01. The van der Waals surface area contributed by atoms with E-state index in [-0.39, 0.29) is 17.8 Å². The molecule has 1 aromatic heterocycles. The topological polar surface area (TPSA) is 91.5 Å². The number of esters is 2. The molecule has 2 N–H and O–H groups in total. The maximum absolute atomic E-state index is 11.3. The minimum absolute atomic E-state index is 0.0459. The highest BCUT2D eigenvalue weighted by molar-refractivity contribution is 5.89. The summed E-state index contributed by atoms with van der Waals surface area (Å²) in [7, 11) is 1.27. The smallest absolute Gasteiger partial charge is 0.339 e. The number of methoxy groups -OCH3 is 1. The molecular weight excluding hydrogens is 248 g/mol. The van der Waals surface area contributed by atoms with Crippen LogP contribution in [0.1, 0.15) is 29.3 Å². The summed E-state index contributed by atoms with van der Waals surface area (Å²) in [6.45, 7) is 2.02. The van der Waals surface area contributed by atoms with Gasteiger partial charge in [-0.1, -0.05) is 11.8 Å². The molecule has 0 aromatic carbocycles. The molecule has 0 unspecified atom stereocenters. The van der Waals surface area contributed by atoms with E-state index in [0.717, 1.165) is 0 Å². The van der Waals surface area contributed by atoms with Gasteiger partial charge in [0.15, 0.2) is 0 Å². The number of rotatable bonds is 3. The van der Waals surface area contributed by atoms with Crippen molar-refractivity contribution in [3.63, 3.8) is 0 Å². The summed E-state index contributed by atoms with van der Waals surface area (Å²) in [5.41, 5.74) is 6.24. The second kappa shape index (κ2) is 7.01. The summed E-state index contributed by atoms with van der Waals surface area (Å²) in [6.07, 6.45) is 1.26. The Morgan fingerprint density at radius 3 is 2.84 bits per heavy atom. The zero-order valence-electron chi connectivity index (χ0n) is 10.7. The maximum Gasteiger partial charge on any atom is 0.339 e. The van der Waals surface area contributed by atoms with Crippen molar-refractivity contribution in [1.82, 2.24) is 4.98 Å². The number of pyridine rings is 1. The number of carbonyl (C=O) groups is 2. The third-order valence-electron chi connectivity index (χ3n) is 2.10. The first-order valence-corrected chi connectivity index (χ1v) is 5.56. The molecule has 1 heterocycles. The predicted octanol–water partition coefficient (Wildman–Crippen LogP) is 0.755. The summed E-state index contributed by atoms with van der Waals surface area (Å²) in [5.74, 6) is 4.54. The first-order valence-electron chi connectivity index (χ1n) is 5.56. The average molecular weight is 262 g/mol. The summed E-state index contributed by atoms with van der Waals surface area (Å²) in [6, 6.07) is 1.46. The molecule has 0 aliphatic rings. The Labute approximate surface area is 110 Å². The molecule has 0 radical (unpaired) electrons. The SMILES string of the molecule is CCOC(=O)CC#Cc1cc(C(=O)OC)cnc1N. The maximum atomic E-state index is 11.3. The lowest BCUT2D eigenvalue weighted by Crippen LogP contribution is -2.05. The third kappa shape index (κ3) is 4.32. The Balaban J connectivity index is 2.86. The highest BCUT2D eigenvalue weighted by Gasteiger charge is 2.08. The molecule has 100 valence electrons. The Morgan fingerprint density at radius 1 is 1.47 bits per heavy atom. The molecule has 1 aromatic rings. The molecule has 0 fully saturated rings. The highest BCUT2D eigenvalue weighted by Crippen LogP contribution is 2.10. The largest absolute Gasteiger partial charge is 0.465 e. The summed E-state index contributed by atoms with van der Waals surface area (Å²) >= 11 is 0. The van der Waals surface area contributed by atoms with Crippen LogP contribution < -0.4 is 5.73 Å². The molecule has 6 nitrogen and oxygen atoms in total. The van der Waals surface area contributed by atoms with Gasteiger partial charge < -0.3 is 15.2 Å². The number of nitrogens with two attached hydrogens (primary N) is 1. The van der Waals surface area contributed by atoms with Crippen LogP contribution in [0.4, 0.5) is 5.82 Å². The minimum atomic E-state index is -0.527.